The number of nitrogens with zero attached hydrogens (tertiary/aromatic N) is 1. The lowest BCUT2D eigenvalue weighted by molar-refractivity contribution is -0.140. The Labute approximate surface area is 87.4 Å². The number of hydrogen-bond acceptors (Lipinski definition) is 3. The van der Waals surface area contributed by atoms with Crippen LogP contribution in [-0.2, 0) is 9.53 Å². The Morgan fingerprint density at radius 3 is 2.36 bits per heavy atom. The molecule has 0 saturated heterocycles. The van der Waals surface area contributed by atoms with E-state index in [0.29, 0.717) is 11.8 Å². The first kappa shape index (κ1) is 13.4. The van der Waals surface area contributed by atoms with Gasteiger partial charge in [0, 0.05) is 13.0 Å². The molecule has 3 nitrogen and oxygen atoms in total. The van der Waals surface area contributed by atoms with Gasteiger partial charge in [0.1, 0.15) is 0 Å². The molecule has 0 rings (SSSR count). The normalized spacial score (nSPS) is 11.9. The van der Waals surface area contributed by atoms with Gasteiger partial charge in [0.15, 0.2) is 0 Å². The van der Waals surface area contributed by atoms with Crippen LogP contribution in [0.1, 0.15) is 33.6 Å². The summed E-state index contributed by atoms with van der Waals surface area (Å²) < 4.78 is 4.58. The molecule has 0 atom stereocenters. The molecular weight excluding hydrogens is 178 g/mol. The minimum Gasteiger partial charge on any atom is -0.469 e. The molecular formula is C11H23NO2. The molecule has 84 valence electrons. The van der Waals surface area contributed by atoms with E-state index in [2.05, 4.69) is 37.5 Å². The van der Waals surface area contributed by atoms with Crippen molar-refractivity contribution in [1.29, 1.82) is 0 Å². The summed E-state index contributed by atoms with van der Waals surface area (Å²) in [6, 6.07) is 0. The summed E-state index contributed by atoms with van der Waals surface area (Å²) in [7, 11) is 3.52. The van der Waals surface area contributed by atoms with Crippen LogP contribution in [0.25, 0.3) is 0 Å². The minimum atomic E-state index is -0.117. The van der Waals surface area contributed by atoms with Gasteiger partial charge in [-0.25, -0.2) is 0 Å². The zero-order chi connectivity index (χ0) is 11.2. The van der Waals surface area contributed by atoms with E-state index in [4.69, 9.17) is 0 Å². The predicted molar refractivity (Wildman–Crippen MR) is 58.2 cm³/mol. The van der Waals surface area contributed by atoms with Crippen molar-refractivity contribution in [3.05, 3.63) is 0 Å². The Bertz CT molecular complexity index is 173. The van der Waals surface area contributed by atoms with Gasteiger partial charge in [0.05, 0.1) is 7.11 Å². The van der Waals surface area contributed by atoms with Crippen molar-refractivity contribution in [1.82, 2.24) is 4.90 Å². The van der Waals surface area contributed by atoms with Crippen LogP contribution in [0.4, 0.5) is 0 Å². The minimum absolute atomic E-state index is 0.117. The van der Waals surface area contributed by atoms with Gasteiger partial charge in [0.25, 0.3) is 0 Å². The van der Waals surface area contributed by atoms with Crippen molar-refractivity contribution in [3.8, 4) is 0 Å². The number of carbonyl (C=O) groups excluding carboxylic acids is 1. The maximum Gasteiger partial charge on any atom is 0.305 e. The molecule has 0 aromatic carbocycles. The number of hydrogen-bond donors (Lipinski definition) is 0. The van der Waals surface area contributed by atoms with Gasteiger partial charge in [-0.2, -0.15) is 0 Å². The Kier molecular flexibility index (Phi) is 5.77. The molecule has 0 heterocycles. The third kappa shape index (κ3) is 8.05. The first-order valence-electron chi connectivity index (χ1n) is 5.10. The van der Waals surface area contributed by atoms with E-state index in [-0.39, 0.29) is 5.97 Å². The smallest absolute Gasteiger partial charge is 0.305 e. The first-order chi connectivity index (χ1) is 6.35. The number of carbonyl (C=O) groups is 1. The zero-order valence-electron chi connectivity index (χ0n) is 10.1. The van der Waals surface area contributed by atoms with Crippen LogP contribution in [0.3, 0.4) is 0 Å². The Morgan fingerprint density at radius 1 is 1.36 bits per heavy atom. The number of methoxy groups -OCH3 is 1. The van der Waals surface area contributed by atoms with Gasteiger partial charge < -0.3 is 9.64 Å². The van der Waals surface area contributed by atoms with Gasteiger partial charge >= 0.3 is 5.97 Å². The van der Waals surface area contributed by atoms with Gasteiger partial charge in [-0.05, 0) is 25.4 Å². The van der Waals surface area contributed by atoms with Crippen molar-refractivity contribution in [3.63, 3.8) is 0 Å². The maximum atomic E-state index is 10.8. The lowest BCUT2D eigenvalue weighted by Gasteiger charge is -2.26. The summed E-state index contributed by atoms with van der Waals surface area (Å²) in [6.07, 6.45) is 1.39. The fraction of sp³-hybridized carbons (Fsp3) is 0.909. The van der Waals surface area contributed by atoms with Crippen molar-refractivity contribution in [2.45, 2.75) is 33.6 Å². The van der Waals surface area contributed by atoms with Gasteiger partial charge in [-0.15, -0.1) is 0 Å². The van der Waals surface area contributed by atoms with Gasteiger partial charge in [-0.3, -0.25) is 4.79 Å². The highest BCUT2D eigenvalue weighted by atomic mass is 16.5. The van der Waals surface area contributed by atoms with Crippen LogP contribution in [0.5, 0.6) is 0 Å². The summed E-state index contributed by atoms with van der Waals surface area (Å²) in [5, 5.41) is 0. The van der Waals surface area contributed by atoms with Crippen LogP contribution in [0.2, 0.25) is 0 Å². The average Bonchev–Trinajstić information content (AvgIpc) is 2.00. The Hall–Kier alpha value is -0.570. The standard InChI is InChI=1S/C11H23NO2/c1-11(2,3)9-12(4)8-6-7-10(13)14-5/h6-9H2,1-5H3. The van der Waals surface area contributed by atoms with E-state index >= 15 is 0 Å². The summed E-state index contributed by atoms with van der Waals surface area (Å²) in [4.78, 5) is 13.1. The SMILES string of the molecule is COC(=O)CCCN(C)CC(C)(C)C. The van der Waals surface area contributed by atoms with E-state index < -0.39 is 0 Å². The van der Waals surface area contributed by atoms with Crippen molar-refractivity contribution in [2.24, 2.45) is 5.41 Å². The van der Waals surface area contributed by atoms with E-state index in [1.165, 1.54) is 7.11 Å². The molecule has 0 spiro atoms. The van der Waals surface area contributed by atoms with Crippen LogP contribution >= 0.6 is 0 Å². The largest absolute Gasteiger partial charge is 0.469 e. The molecule has 0 N–H and O–H groups in total. The first-order valence-corrected chi connectivity index (χ1v) is 5.10. The highest BCUT2D eigenvalue weighted by Crippen LogP contribution is 2.14. The maximum absolute atomic E-state index is 10.8. The second kappa shape index (κ2) is 6.02. The summed E-state index contributed by atoms with van der Waals surface area (Å²) in [5.41, 5.74) is 0.319. The quantitative estimate of drug-likeness (QED) is 0.636. The van der Waals surface area contributed by atoms with Crippen molar-refractivity contribution >= 4 is 5.97 Å². The molecule has 0 aliphatic carbocycles. The topological polar surface area (TPSA) is 29.5 Å². The second-order valence-electron chi connectivity index (χ2n) is 4.98. The van der Waals surface area contributed by atoms with Crippen molar-refractivity contribution in [2.75, 3.05) is 27.2 Å². The molecule has 0 amide bonds. The lowest BCUT2D eigenvalue weighted by Crippen LogP contribution is -2.30. The fourth-order valence-corrected chi connectivity index (χ4v) is 1.48. The summed E-state index contributed by atoms with van der Waals surface area (Å²) >= 11 is 0. The van der Waals surface area contributed by atoms with Crippen LogP contribution < -0.4 is 0 Å². The van der Waals surface area contributed by atoms with Crippen molar-refractivity contribution < 1.29 is 9.53 Å². The van der Waals surface area contributed by atoms with Crippen LogP contribution in [-0.4, -0.2) is 38.1 Å². The molecule has 0 unspecified atom stereocenters. The average molecular weight is 201 g/mol. The summed E-state index contributed by atoms with van der Waals surface area (Å²) in [5.74, 6) is -0.117. The van der Waals surface area contributed by atoms with Gasteiger partial charge in [0.2, 0.25) is 0 Å². The van der Waals surface area contributed by atoms with E-state index in [0.717, 1.165) is 19.5 Å². The third-order valence-electron chi connectivity index (χ3n) is 1.89. The Morgan fingerprint density at radius 2 is 1.93 bits per heavy atom. The number of ether oxygens (including phenoxy) is 1. The number of esters is 1. The van der Waals surface area contributed by atoms with Gasteiger partial charge in [-0.1, -0.05) is 20.8 Å². The second-order valence-corrected chi connectivity index (χ2v) is 4.98. The monoisotopic (exact) mass is 201 g/mol. The molecule has 3 heteroatoms. The highest BCUT2D eigenvalue weighted by Gasteiger charge is 2.13. The molecule has 0 fully saturated rings. The zero-order valence-corrected chi connectivity index (χ0v) is 10.1. The van der Waals surface area contributed by atoms with Crippen LogP contribution in [0.15, 0.2) is 0 Å². The van der Waals surface area contributed by atoms with E-state index in [1.807, 2.05) is 0 Å². The number of rotatable bonds is 5. The molecule has 0 radical (unpaired) electrons. The highest BCUT2D eigenvalue weighted by molar-refractivity contribution is 5.69. The molecule has 0 aromatic heterocycles. The van der Waals surface area contributed by atoms with Crippen LogP contribution in [0, 0.1) is 5.41 Å². The predicted octanol–water partition coefficient (Wildman–Crippen LogP) is 1.92. The van der Waals surface area contributed by atoms with E-state index in [9.17, 15) is 4.79 Å². The molecule has 0 bridgehead atoms. The third-order valence-corrected chi connectivity index (χ3v) is 1.89. The molecule has 0 saturated carbocycles. The molecule has 14 heavy (non-hydrogen) atoms. The molecule has 0 aliphatic rings. The Balaban J connectivity index is 3.54. The molecule has 0 aromatic rings. The molecule has 0 aliphatic heterocycles. The fourth-order valence-electron chi connectivity index (χ4n) is 1.48. The summed E-state index contributed by atoms with van der Waals surface area (Å²) in [6.45, 7) is 8.64. The lowest BCUT2D eigenvalue weighted by atomic mass is 9.96. The van der Waals surface area contributed by atoms with E-state index in [1.54, 1.807) is 0 Å².